The van der Waals surface area contributed by atoms with E-state index in [1.807, 2.05) is 34.0 Å². The average Bonchev–Trinajstić information content (AvgIpc) is 3.13. The van der Waals surface area contributed by atoms with Gasteiger partial charge in [-0.25, -0.2) is 4.79 Å². The molecule has 0 unspecified atom stereocenters. The molecular weight excluding hydrogens is 346 g/mol. The fraction of sp³-hybridized carbons (Fsp3) is 0.684. The highest BCUT2D eigenvalue weighted by molar-refractivity contribution is 6.07. The molecule has 2 fully saturated rings. The Bertz CT molecular complexity index is 733. The number of amides is 4. The number of aryl methyl sites for hydroxylation is 1. The molecule has 3 rings (SSSR count). The molecular formula is C19H29N5O3. The highest BCUT2D eigenvalue weighted by atomic mass is 16.2. The Balaban J connectivity index is 1.85. The summed E-state index contributed by atoms with van der Waals surface area (Å²) in [5.74, 6) is 0.220. The van der Waals surface area contributed by atoms with Gasteiger partial charge in [0.25, 0.3) is 5.91 Å². The van der Waals surface area contributed by atoms with Gasteiger partial charge in [-0.15, -0.1) is 0 Å². The molecule has 1 spiro atoms. The van der Waals surface area contributed by atoms with E-state index in [0.29, 0.717) is 38.9 Å². The molecule has 148 valence electrons. The summed E-state index contributed by atoms with van der Waals surface area (Å²) in [5, 5.41) is 4.13. The quantitative estimate of drug-likeness (QED) is 0.733. The number of hydrogen-bond acceptors (Lipinski definition) is 4. The maximum Gasteiger partial charge on any atom is 0.328 e. The van der Waals surface area contributed by atoms with Crippen molar-refractivity contribution in [1.82, 2.24) is 24.5 Å². The second-order valence-corrected chi connectivity index (χ2v) is 7.97. The number of aromatic nitrogens is 2. The summed E-state index contributed by atoms with van der Waals surface area (Å²) in [6, 6.07) is -0.229. The largest absolute Gasteiger partial charge is 0.343 e. The van der Waals surface area contributed by atoms with Gasteiger partial charge >= 0.3 is 6.03 Å². The van der Waals surface area contributed by atoms with Crippen molar-refractivity contribution < 1.29 is 14.4 Å². The smallest absolute Gasteiger partial charge is 0.328 e. The predicted octanol–water partition coefficient (Wildman–Crippen LogP) is 1.61. The van der Waals surface area contributed by atoms with Crippen molar-refractivity contribution in [2.45, 2.75) is 52.1 Å². The molecule has 0 radical (unpaired) electrons. The number of likely N-dealkylation sites (tertiary alicyclic amines) is 1. The summed E-state index contributed by atoms with van der Waals surface area (Å²) in [7, 11) is 1.81. The maximum atomic E-state index is 13.4. The van der Waals surface area contributed by atoms with E-state index in [1.54, 1.807) is 20.7 Å². The fourth-order valence-electron chi connectivity index (χ4n) is 4.11. The van der Waals surface area contributed by atoms with Crippen LogP contribution in [0.1, 0.15) is 45.6 Å². The number of carbonyl (C=O) groups is 3. The summed E-state index contributed by atoms with van der Waals surface area (Å²) >= 11 is 0. The lowest BCUT2D eigenvalue weighted by molar-refractivity contribution is -0.141. The molecule has 0 saturated carbocycles. The minimum Gasteiger partial charge on any atom is -0.343 e. The lowest BCUT2D eigenvalue weighted by Gasteiger charge is -2.42. The Morgan fingerprint density at radius 1 is 1.26 bits per heavy atom. The first-order chi connectivity index (χ1) is 12.8. The molecule has 4 amide bonds. The van der Waals surface area contributed by atoms with Crippen LogP contribution in [0.2, 0.25) is 0 Å². The van der Waals surface area contributed by atoms with Gasteiger partial charge in [-0.3, -0.25) is 19.2 Å². The van der Waals surface area contributed by atoms with Crippen LogP contribution in [-0.4, -0.2) is 67.5 Å². The number of imide groups is 1. The van der Waals surface area contributed by atoms with Crippen molar-refractivity contribution in [3.63, 3.8) is 0 Å². The van der Waals surface area contributed by atoms with E-state index >= 15 is 0 Å². The first-order valence-corrected chi connectivity index (χ1v) is 9.67. The Labute approximate surface area is 160 Å². The minimum absolute atomic E-state index is 0.101. The van der Waals surface area contributed by atoms with Crippen LogP contribution in [0.25, 0.3) is 0 Å². The second kappa shape index (κ2) is 7.32. The monoisotopic (exact) mass is 375 g/mol. The average molecular weight is 375 g/mol. The van der Waals surface area contributed by atoms with Gasteiger partial charge in [0.2, 0.25) is 5.91 Å². The van der Waals surface area contributed by atoms with Crippen LogP contribution in [0.4, 0.5) is 4.79 Å². The number of rotatable bonds is 5. The van der Waals surface area contributed by atoms with Gasteiger partial charge < -0.3 is 9.80 Å². The third kappa shape index (κ3) is 3.44. The van der Waals surface area contributed by atoms with Crippen molar-refractivity contribution in [3.8, 4) is 0 Å². The summed E-state index contributed by atoms with van der Waals surface area (Å²) in [4.78, 5) is 43.4. The summed E-state index contributed by atoms with van der Waals surface area (Å²) < 4.78 is 1.66. The van der Waals surface area contributed by atoms with Crippen molar-refractivity contribution in [1.29, 1.82) is 0 Å². The van der Waals surface area contributed by atoms with Gasteiger partial charge in [-0.1, -0.05) is 20.8 Å². The molecule has 0 atom stereocenters. The van der Waals surface area contributed by atoms with Crippen molar-refractivity contribution in [2.24, 2.45) is 13.0 Å². The molecule has 2 aliphatic heterocycles. The Kier molecular flexibility index (Phi) is 5.26. The van der Waals surface area contributed by atoms with Gasteiger partial charge in [-0.05, 0) is 18.8 Å². The van der Waals surface area contributed by atoms with E-state index < -0.39 is 5.54 Å². The highest BCUT2D eigenvalue weighted by Crippen LogP contribution is 2.38. The minimum atomic E-state index is -0.825. The van der Waals surface area contributed by atoms with Crippen LogP contribution in [-0.2, 0) is 23.2 Å². The molecule has 0 bridgehead atoms. The normalized spacial score (nSPS) is 19.7. The van der Waals surface area contributed by atoms with Gasteiger partial charge in [0.1, 0.15) is 5.54 Å². The number of nitrogens with zero attached hydrogens (tertiary/aromatic N) is 5. The zero-order valence-corrected chi connectivity index (χ0v) is 16.6. The van der Waals surface area contributed by atoms with Gasteiger partial charge in [0.15, 0.2) is 0 Å². The van der Waals surface area contributed by atoms with Crippen molar-refractivity contribution in [2.75, 3.05) is 19.6 Å². The first kappa shape index (κ1) is 19.4. The van der Waals surface area contributed by atoms with Crippen molar-refractivity contribution >= 4 is 17.8 Å². The van der Waals surface area contributed by atoms with E-state index in [1.165, 1.54) is 4.90 Å². The SMILES string of the molecule is CCC(=O)N1CCC2(CC1)C(=O)N(Cc1cnn(C)c1)C(=O)N2CC(C)C. The highest BCUT2D eigenvalue weighted by Gasteiger charge is 2.58. The van der Waals surface area contributed by atoms with Crippen LogP contribution >= 0.6 is 0 Å². The topological polar surface area (TPSA) is 78.8 Å². The lowest BCUT2D eigenvalue weighted by Crippen LogP contribution is -2.58. The van der Waals surface area contributed by atoms with Gasteiger partial charge in [-0.2, -0.15) is 5.10 Å². The zero-order valence-electron chi connectivity index (χ0n) is 16.6. The third-order valence-corrected chi connectivity index (χ3v) is 5.51. The maximum absolute atomic E-state index is 13.4. The molecule has 0 aliphatic carbocycles. The molecule has 2 saturated heterocycles. The van der Waals surface area contributed by atoms with E-state index in [2.05, 4.69) is 5.10 Å². The van der Waals surface area contributed by atoms with Crippen LogP contribution < -0.4 is 0 Å². The Hall–Kier alpha value is -2.38. The summed E-state index contributed by atoms with van der Waals surface area (Å²) in [6.45, 7) is 7.74. The molecule has 0 N–H and O–H groups in total. The van der Waals surface area contributed by atoms with Gasteiger partial charge in [0.05, 0.1) is 12.7 Å². The molecule has 8 nitrogen and oxygen atoms in total. The fourth-order valence-corrected chi connectivity index (χ4v) is 4.11. The van der Waals surface area contributed by atoms with E-state index in [4.69, 9.17) is 0 Å². The second-order valence-electron chi connectivity index (χ2n) is 7.97. The summed E-state index contributed by atoms with van der Waals surface area (Å²) in [5.41, 5.74) is 0.00741. The molecule has 3 heterocycles. The molecule has 2 aliphatic rings. The molecule has 0 aromatic carbocycles. The Morgan fingerprint density at radius 3 is 2.44 bits per heavy atom. The third-order valence-electron chi connectivity index (χ3n) is 5.51. The van der Waals surface area contributed by atoms with Crippen molar-refractivity contribution in [3.05, 3.63) is 18.0 Å². The number of urea groups is 1. The van der Waals surface area contributed by atoms with Crippen LogP contribution in [0.15, 0.2) is 12.4 Å². The first-order valence-electron chi connectivity index (χ1n) is 9.67. The molecule has 27 heavy (non-hydrogen) atoms. The van der Waals surface area contributed by atoms with E-state index in [9.17, 15) is 14.4 Å². The van der Waals surface area contributed by atoms with Crippen LogP contribution in [0, 0.1) is 5.92 Å². The zero-order chi connectivity index (χ0) is 19.8. The molecule has 1 aromatic heterocycles. The predicted molar refractivity (Wildman–Crippen MR) is 99.5 cm³/mol. The van der Waals surface area contributed by atoms with E-state index in [0.717, 1.165) is 5.56 Å². The molecule has 1 aromatic rings. The number of carbonyl (C=O) groups excluding carboxylic acids is 3. The molecule has 8 heteroatoms. The Morgan fingerprint density at radius 2 is 1.93 bits per heavy atom. The standard InChI is InChI=1S/C19H29N5O3/c1-5-16(25)22-8-6-19(7-9-22)17(26)23(13-15-10-20-21(4)12-15)18(27)24(19)11-14(2)3/h10,12,14H,5-9,11,13H2,1-4H3. The summed E-state index contributed by atoms with van der Waals surface area (Å²) in [6.07, 6.45) is 4.96. The van der Waals surface area contributed by atoms with Gasteiger partial charge in [0, 0.05) is 44.9 Å². The van der Waals surface area contributed by atoms with Crippen LogP contribution in [0.5, 0.6) is 0 Å². The number of piperidine rings is 1. The van der Waals surface area contributed by atoms with E-state index in [-0.39, 0.29) is 30.3 Å². The number of hydrogen-bond donors (Lipinski definition) is 0. The lowest BCUT2D eigenvalue weighted by atomic mass is 9.85. The van der Waals surface area contributed by atoms with Crippen LogP contribution in [0.3, 0.4) is 0 Å².